The van der Waals surface area contributed by atoms with Gasteiger partial charge in [0.15, 0.2) is 0 Å². The van der Waals surface area contributed by atoms with E-state index in [4.69, 9.17) is 5.73 Å². The Morgan fingerprint density at radius 1 is 1.33 bits per heavy atom. The summed E-state index contributed by atoms with van der Waals surface area (Å²) >= 11 is 0. The summed E-state index contributed by atoms with van der Waals surface area (Å²) < 4.78 is 0. The Balaban J connectivity index is 2.12. The Labute approximate surface area is 125 Å². The lowest BCUT2D eigenvalue weighted by Crippen LogP contribution is -2.44. The molecule has 0 aliphatic heterocycles. The van der Waals surface area contributed by atoms with Gasteiger partial charge >= 0.3 is 0 Å². The first kappa shape index (κ1) is 14.2. The van der Waals surface area contributed by atoms with Crippen molar-refractivity contribution in [2.75, 3.05) is 6.54 Å². The molecule has 21 heavy (non-hydrogen) atoms. The Bertz CT molecular complexity index is 641. The van der Waals surface area contributed by atoms with Crippen LogP contribution >= 0.6 is 0 Å². The summed E-state index contributed by atoms with van der Waals surface area (Å²) in [6.45, 7) is 2.46. The van der Waals surface area contributed by atoms with Crippen molar-refractivity contribution in [3.05, 3.63) is 65.0 Å². The number of rotatable bonds is 3. The highest BCUT2D eigenvalue weighted by atomic mass is 16.3. The average molecular weight is 282 g/mol. The van der Waals surface area contributed by atoms with E-state index in [9.17, 15) is 5.11 Å². The number of nitrogens with zero attached hydrogens (tertiary/aromatic N) is 1. The molecular formula is C18H22N2O. The first-order valence-corrected chi connectivity index (χ1v) is 7.56. The topological polar surface area (TPSA) is 59.1 Å². The van der Waals surface area contributed by atoms with Crippen LogP contribution in [0.2, 0.25) is 0 Å². The van der Waals surface area contributed by atoms with Gasteiger partial charge in [0.2, 0.25) is 0 Å². The van der Waals surface area contributed by atoms with E-state index >= 15 is 0 Å². The van der Waals surface area contributed by atoms with Crippen molar-refractivity contribution < 1.29 is 5.11 Å². The van der Waals surface area contributed by atoms with Crippen LogP contribution in [-0.4, -0.2) is 16.6 Å². The van der Waals surface area contributed by atoms with E-state index < -0.39 is 11.5 Å². The number of aryl methyl sites for hydroxylation is 2. The van der Waals surface area contributed by atoms with Gasteiger partial charge in [-0.1, -0.05) is 24.3 Å². The van der Waals surface area contributed by atoms with Crippen LogP contribution in [0.5, 0.6) is 0 Å². The minimum Gasteiger partial charge on any atom is -0.387 e. The van der Waals surface area contributed by atoms with Crippen LogP contribution in [0, 0.1) is 6.92 Å². The zero-order valence-electron chi connectivity index (χ0n) is 12.4. The zero-order chi connectivity index (χ0) is 14.9. The largest absolute Gasteiger partial charge is 0.387 e. The second-order valence-electron chi connectivity index (χ2n) is 6.01. The summed E-state index contributed by atoms with van der Waals surface area (Å²) in [6.07, 6.45) is 5.96. The van der Waals surface area contributed by atoms with E-state index in [2.05, 4.69) is 23.2 Å². The molecule has 1 aliphatic rings. The number of aromatic nitrogens is 1. The van der Waals surface area contributed by atoms with Crippen LogP contribution in [0.4, 0.5) is 0 Å². The fourth-order valence-corrected chi connectivity index (χ4v) is 3.62. The fraction of sp³-hybridized carbons (Fsp3) is 0.389. The van der Waals surface area contributed by atoms with Gasteiger partial charge in [-0.25, -0.2) is 0 Å². The third kappa shape index (κ3) is 2.27. The lowest BCUT2D eigenvalue weighted by molar-refractivity contribution is 0.0710. The summed E-state index contributed by atoms with van der Waals surface area (Å²) in [7, 11) is 0. The maximum Gasteiger partial charge on any atom is 0.0916 e. The highest BCUT2D eigenvalue weighted by Gasteiger charge is 2.42. The molecule has 0 bridgehead atoms. The molecule has 0 amide bonds. The van der Waals surface area contributed by atoms with Crippen molar-refractivity contribution in [3.8, 4) is 0 Å². The highest BCUT2D eigenvalue weighted by Crippen LogP contribution is 2.45. The molecule has 3 nitrogen and oxygen atoms in total. The van der Waals surface area contributed by atoms with Gasteiger partial charge in [0.25, 0.3) is 0 Å². The maximum atomic E-state index is 11.1. The van der Waals surface area contributed by atoms with Crippen molar-refractivity contribution in [1.29, 1.82) is 0 Å². The van der Waals surface area contributed by atoms with Crippen LogP contribution in [0.25, 0.3) is 0 Å². The summed E-state index contributed by atoms with van der Waals surface area (Å²) in [5.74, 6) is 0. The van der Waals surface area contributed by atoms with Gasteiger partial charge in [0.05, 0.1) is 6.10 Å². The standard InChI is InChI=1S/C18H22N2O/c1-13-8-10-20-11-15(13)17(21)18(12-19)9-4-6-14-5-2-3-7-16(14)18/h2-3,5,7-8,10-11,17,21H,4,6,9,12,19H2,1H3. The lowest BCUT2D eigenvalue weighted by atomic mass is 9.65. The van der Waals surface area contributed by atoms with Crippen LogP contribution in [-0.2, 0) is 11.8 Å². The number of aliphatic hydroxyl groups excluding tert-OH is 1. The molecule has 3 rings (SSSR count). The molecule has 0 saturated carbocycles. The van der Waals surface area contributed by atoms with Gasteiger partial charge < -0.3 is 10.8 Å². The number of benzene rings is 1. The van der Waals surface area contributed by atoms with Crippen molar-refractivity contribution in [1.82, 2.24) is 4.98 Å². The second kappa shape index (κ2) is 5.58. The van der Waals surface area contributed by atoms with E-state index in [1.165, 1.54) is 11.1 Å². The molecule has 0 fully saturated rings. The van der Waals surface area contributed by atoms with E-state index in [0.29, 0.717) is 6.54 Å². The molecule has 1 aromatic carbocycles. The van der Waals surface area contributed by atoms with Gasteiger partial charge in [0.1, 0.15) is 0 Å². The Kier molecular flexibility index (Phi) is 3.79. The van der Waals surface area contributed by atoms with E-state index in [0.717, 1.165) is 30.4 Å². The predicted octanol–water partition coefficient (Wildman–Crippen LogP) is 2.66. The molecule has 1 aromatic heterocycles. The average Bonchev–Trinajstić information content (AvgIpc) is 2.54. The Hall–Kier alpha value is -1.71. The van der Waals surface area contributed by atoms with Gasteiger partial charge in [-0.05, 0) is 48.9 Å². The molecule has 2 aromatic rings. The lowest BCUT2D eigenvalue weighted by Gasteiger charge is -2.42. The number of fused-ring (bicyclic) bond motifs is 1. The van der Waals surface area contributed by atoms with Gasteiger partial charge in [-0.15, -0.1) is 0 Å². The van der Waals surface area contributed by atoms with Crippen molar-refractivity contribution in [2.45, 2.75) is 37.7 Å². The fourth-order valence-electron chi connectivity index (χ4n) is 3.62. The number of nitrogens with two attached hydrogens (primary N) is 1. The van der Waals surface area contributed by atoms with E-state index in [1.54, 1.807) is 12.4 Å². The smallest absolute Gasteiger partial charge is 0.0916 e. The molecule has 3 N–H and O–H groups in total. The molecule has 3 heteroatoms. The molecule has 1 heterocycles. The summed E-state index contributed by atoms with van der Waals surface area (Å²) in [4.78, 5) is 4.18. The Morgan fingerprint density at radius 3 is 2.90 bits per heavy atom. The number of aliphatic hydroxyl groups is 1. The van der Waals surface area contributed by atoms with Crippen LogP contribution in [0.1, 0.15) is 41.2 Å². The molecule has 110 valence electrons. The molecule has 2 atom stereocenters. The van der Waals surface area contributed by atoms with Gasteiger partial charge in [-0.3, -0.25) is 4.98 Å². The Morgan fingerprint density at radius 2 is 2.14 bits per heavy atom. The number of hydrogen-bond acceptors (Lipinski definition) is 3. The van der Waals surface area contributed by atoms with E-state index in [-0.39, 0.29) is 0 Å². The van der Waals surface area contributed by atoms with Gasteiger partial charge in [0, 0.05) is 29.9 Å². The monoisotopic (exact) mass is 282 g/mol. The minimum atomic E-state index is -0.613. The molecule has 0 spiro atoms. The van der Waals surface area contributed by atoms with Crippen molar-refractivity contribution in [3.63, 3.8) is 0 Å². The summed E-state index contributed by atoms with van der Waals surface area (Å²) in [6, 6.07) is 10.3. The first-order valence-electron chi connectivity index (χ1n) is 7.56. The first-order chi connectivity index (χ1) is 10.2. The number of hydrogen-bond donors (Lipinski definition) is 2. The molecule has 0 radical (unpaired) electrons. The summed E-state index contributed by atoms with van der Waals surface area (Å²) in [5, 5.41) is 11.1. The normalized spacial score (nSPS) is 22.6. The molecular weight excluding hydrogens is 260 g/mol. The minimum absolute atomic E-state index is 0.400. The molecule has 0 saturated heterocycles. The van der Waals surface area contributed by atoms with Crippen molar-refractivity contribution >= 4 is 0 Å². The molecule has 1 aliphatic carbocycles. The highest BCUT2D eigenvalue weighted by molar-refractivity contribution is 5.41. The third-order valence-electron chi connectivity index (χ3n) is 4.88. The predicted molar refractivity (Wildman–Crippen MR) is 84.0 cm³/mol. The van der Waals surface area contributed by atoms with E-state index in [1.807, 2.05) is 19.1 Å². The quantitative estimate of drug-likeness (QED) is 0.910. The zero-order valence-corrected chi connectivity index (χ0v) is 12.4. The van der Waals surface area contributed by atoms with Crippen LogP contribution in [0.3, 0.4) is 0 Å². The number of pyridine rings is 1. The summed E-state index contributed by atoms with van der Waals surface area (Å²) in [5.41, 5.74) is 10.2. The SMILES string of the molecule is Cc1ccncc1C(O)C1(CN)CCCc2ccccc21. The van der Waals surface area contributed by atoms with Crippen LogP contribution in [0.15, 0.2) is 42.7 Å². The maximum absolute atomic E-state index is 11.1. The van der Waals surface area contributed by atoms with Crippen molar-refractivity contribution in [2.24, 2.45) is 5.73 Å². The van der Waals surface area contributed by atoms with Gasteiger partial charge in [-0.2, -0.15) is 0 Å². The second-order valence-corrected chi connectivity index (χ2v) is 6.01. The van der Waals surface area contributed by atoms with Crippen LogP contribution < -0.4 is 5.73 Å². The third-order valence-corrected chi connectivity index (χ3v) is 4.88. The molecule has 2 unspecified atom stereocenters.